The molecule has 2 aromatic rings. The first-order valence-electron chi connectivity index (χ1n) is 8.70. The third kappa shape index (κ3) is 5.06. The Morgan fingerprint density at radius 2 is 0.862 bits per heavy atom. The summed E-state index contributed by atoms with van der Waals surface area (Å²) in [6.45, 7) is 0.132. The van der Waals surface area contributed by atoms with E-state index in [-0.39, 0.29) is 47.7 Å². The fraction of sp³-hybridized carbons (Fsp3) is 0.400. The van der Waals surface area contributed by atoms with Gasteiger partial charge in [0.1, 0.15) is 11.5 Å². The Bertz CT molecular complexity index is 827. The normalized spacial score (nSPS) is 11.7. The average molecular weight is 426 g/mol. The summed E-state index contributed by atoms with van der Waals surface area (Å²) in [6, 6.07) is 5.47. The van der Waals surface area contributed by atoms with E-state index in [4.69, 9.17) is 18.9 Å². The Morgan fingerprint density at radius 1 is 0.621 bits per heavy atom. The first-order valence-corrected chi connectivity index (χ1v) is 10.2. The third-order valence-corrected chi connectivity index (χ3v) is 6.02. The van der Waals surface area contributed by atoms with Crippen LogP contribution in [0.5, 0.6) is 11.5 Å². The standard InChI is InChI=1S/C20H26O8S/c1-25-9-13-5-17(6-14(10-26-2)19(13)21)29(23,24)18-7-15(11-27-3)20(22)16(8-18)12-28-4/h5-8,21-22H,9-12H2,1-4H3. The van der Waals surface area contributed by atoms with Crippen LogP contribution in [0.3, 0.4) is 0 Å². The second kappa shape index (κ2) is 10.0. The molecular weight excluding hydrogens is 400 g/mol. The molecule has 2 N–H and O–H groups in total. The van der Waals surface area contributed by atoms with Crippen molar-refractivity contribution in [2.24, 2.45) is 0 Å². The Kier molecular flexibility index (Phi) is 8.00. The van der Waals surface area contributed by atoms with E-state index < -0.39 is 9.84 Å². The lowest BCUT2D eigenvalue weighted by molar-refractivity contribution is 0.174. The molecular formula is C20H26O8S. The summed E-state index contributed by atoms with van der Waals surface area (Å²) in [6.07, 6.45) is 0. The van der Waals surface area contributed by atoms with Crippen LogP contribution in [-0.4, -0.2) is 47.1 Å². The molecule has 0 bridgehead atoms. The Balaban J connectivity index is 2.68. The zero-order chi connectivity index (χ0) is 21.6. The SMILES string of the molecule is COCc1cc(S(=O)(=O)c2cc(COC)c(O)c(COC)c2)cc(COC)c1O. The summed E-state index contributed by atoms with van der Waals surface area (Å²) < 4.78 is 47.0. The second-order valence-corrected chi connectivity index (χ2v) is 8.37. The van der Waals surface area contributed by atoms with Crippen molar-refractivity contribution in [1.29, 1.82) is 0 Å². The molecule has 0 aliphatic heterocycles. The number of phenols is 2. The zero-order valence-corrected chi connectivity index (χ0v) is 17.7. The van der Waals surface area contributed by atoms with Crippen LogP contribution in [0.1, 0.15) is 22.3 Å². The molecule has 0 saturated heterocycles. The molecule has 0 fully saturated rings. The number of benzene rings is 2. The van der Waals surface area contributed by atoms with E-state index in [9.17, 15) is 18.6 Å². The quantitative estimate of drug-likeness (QED) is 0.596. The second-order valence-electron chi connectivity index (χ2n) is 6.42. The van der Waals surface area contributed by atoms with Crippen LogP contribution in [0.4, 0.5) is 0 Å². The summed E-state index contributed by atoms with van der Waals surface area (Å²) in [4.78, 5) is -0.0429. The Labute approximate surface area is 170 Å². The number of rotatable bonds is 10. The molecule has 0 aliphatic carbocycles. The third-order valence-electron chi connectivity index (χ3n) is 4.30. The van der Waals surface area contributed by atoms with Crippen molar-refractivity contribution in [3.63, 3.8) is 0 Å². The van der Waals surface area contributed by atoms with Crippen molar-refractivity contribution in [3.8, 4) is 11.5 Å². The van der Waals surface area contributed by atoms with Crippen LogP contribution in [-0.2, 0) is 55.2 Å². The average Bonchev–Trinajstić information content (AvgIpc) is 2.68. The van der Waals surface area contributed by atoms with Crippen molar-refractivity contribution in [3.05, 3.63) is 46.5 Å². The molecule has 9 heteroatoms. The Morgan fingerprint density at radius 3 is 1.07 bits per heavy atom. The molecule has 160 valence electrons. The summed E-state index contributed by atoms with van der Waals surface area (Å²) in [5.74, 6) is -0.142. The van der Waals surface area contributed by atoms with Crippen molar-refractivity contribution >= 4 is 9.84 Å². The van der Waals surface area contributed by atoms with Gasteiger partial charge in [-0.05, 0) is 24.3 Å². The molecule has 8 nitrogen and oxygen atoms in total. The summed E-state index contributed by atoms with van der Waals surface area (Å²) >= 11 is 0. The van der Waals surface area contributed by atoms with Gasteiger partial charge in [-0.15, -0.1) is 0 Å². The summed E-state index contributed by atoms with van der Waals surface area (Å²) in [7, 11) is 1.82. The van der Waals surface area contributed by atoms with E-state index >= 15 is 0 Å². The van der Waals surface area contributed by atoms with Crippen LogP contribution in [0.2, 0.25) is 0 Å². The van der Waals surface area contributed by atoms with E-state index in [1.807, 2.05) is 0 Å². The van der Waals surface area contributed by atoms with Gasteiger partial charge in [-0.2, -0.15) is 0 Å². The maximum atomic E-state index is 13.4. The highest BCUT2D eigenvalue weighted by atomic mass is 32.2. The molecule has 0 aliphatic rings. The number of ether oxygens (including phenoxy) is 4. The fourth-order valence-electron chi connectivity index (χ4n) is 2.96. The van der Waals surface area contributed by atoms with Gasteiger partial charge < -0.3 is 29.2 Å². The van der Waals surface area contributed by atoms with Crippen LogP contribution >= 0.6 is 0 Å². The van der Waals surface area contributed by atoms with Gasteiger partial charge in [0.2, 0.25) is 9.84 Å². The highest BCUT2D eigenvalue weighted by Crippen LogP contribution is 2.34. The molecule has 0 atom stereocenters. The minimum atomic E-state index is -3.98. The van der Waals surface area contributed by atoms with Crippen LogP contribution < -0.4 is 0 Å². The highest BCUT2D eigenvalue weighted by Gasteiger charge is 2.24. The van der Waals surface area contributed by atoms with E-state index in [1.165, 1.54) is 52.7 Å². The van der Waals surface area contributed by atoms with Crippen LogP contribution in [0.15, 0.2) is 34.1 Å². The van der Waals surface area contributed by atoms with Gasteiger partial charge in [0.25, 0.3) is 0 Å². The van der Waals surface area contributed by atoms with Gasteiger partial charge >= 0.3 is 0 Å². The number of hydrogen-bond acceptors (Lipinski definition) is 8. The number of phenolic OH excluding ortho intramolecular Hbond substituents is 2. The van der Waals surface area contributed by atoms with Gasteiger partial charge in [-0.1, -0.05) is 0 Å². The molecule has 0 aromatic heterocycles. The summed E-state index contributed by atoms with van der Waals surface area (Å²) in [5.41, 5.74) is 1.31. The molecule has 0 amide bonds. The first-order chi connectivity index (χ1) is 13.8. The van der Waals surface area contributed by atoms with Crippen molar-refractivity contribution < 1.29 is 37.6 Å². The summed E-state index contributed by atoms with van der Waals surface area (Å²) in [5, 5.41) is 20.7. The lowest BCUT2D eigenvalue weighted by Crippen LogP contribution is -2.08. The Hall–Kier alpha value is -2.17. The van der Waals surface area contributed by atoms with E-state index in [1.54, 1.807) is 0 Å². The molecule has 2 rings (SSSR count). The molecule has 0 spiro atoms. The van der Waals surface area contributed by atoms with Gasteiger partial charge in [0.15, 0.2) is 0 Å². The smallest absolute Gasteiger partial charge is 0.206 e. The number of hydrogen-bond donors (Lipinski definition) is 2. The molecule has 2 aromatic carbocycles. The molecule has 0 heterocycles. The maximum absolute atomic E-state index is 13.4. The van der Waals surface area contributed by atoms with Crippen molar-refractivity contribution in [2.75, 3.05) is 28.4 Å². The molecule has 29 heavy (non-hydrogen) atoms. The predicted molar refractivity (Wildman–Crippen MR) is 105 cm³/mol. The highest BCUT2D eigenvalue weighted by molar-refractivity contribution is 7.91. The molecule has 0 radical (unpaired) electrons. The van der Waals surface area contributed by atoms with E-state index in [0.29, 0.717) is 22.3 Å². The van der Waals surface area contributed by atoms with Crippen LogP contribution in [0, 0.1) is 0 Å². The predicted octanol–water partition coefficient (Wildman–Crippen LogP) is 2.52. The zero-order valence-electron chi connectivity index (χ0n) is 16.9. The number of sulfone groups is 1. The number of methoxy groups -OCH3 is 4. The lowest BCUT2D eigenvalue weighted by atomic mass is 10.1. The molecule has 0 unspecified atom stereocenters. The lowest BCUT2D eigenvalue weighted by Gasteiger charge is -2.15. The van der Waals surface area contributed by atoms with Gasteiger partial charge in [-0.25, -0.2) is 8.42 Å². The van der Waals surface area contributed by atoms with Gasteiger partial charge in [-0.3, -0.25) is 0 Å². The minimum Gasteiger partial charge on any atom is -0.507 e. The van der Waals surface area contributed by atoms with Crippen molar-refractivity contribution in [1.82, 2.24) is 0 Å². The van der Waals surface area contributed by atoms with Crippen LogP contribution in [0.25, 0.3) is 0 Å². The minimum absolute atomic E-state index is 0.0215. The van der Waals surface area contributed by atoms with Gasteiger partial charge in [0, 0.05) is 50.7 Å². The van der Waals surface area contributed by atoms with E-state index in [2.05, 4.69) is 0 Å². The topological polar surface area (TPSA) is 112 Å². The largest absolute Gasteiger partial charge is 0.507 e. The monoisotopic (exact) mass is 426 g/mol. The first kappa shape index (κ1) is 23.1. The fourth-order valence-corrected chi connectivity index (χ4v) is 4.43. The van der Waals surface area contributed by atoms with Crippen molar-refractivity contribution in [2.45, 2.75) is 36.2 Å². The van der Waals surface area contributed by atoms with Gasteiger partial charge in [0.05, 0.1) is 36.2 Å². The maximum Gasteiger partial charge on any atom is 0.206 e. The molecule has 0 saturated carbocycles. The van der Waals surface area contributed by atoms with E-state index in [0.717, 1.165) is 0 Å². The number of aromatic hydroxyl groups is 2.